The van der Waals surface area contributed by atoms with Crippen molar-refractivity contribution in [1.82, 2.24) is 0 Å². The second-order valence-corrected chi connectivity index (χ2v) is 2.27. The topological polar surface area (TPSA) is 23.9 Å². The van der Waals surface area contributed by atoms with Crippen LogP contribution in [-0.4, -0.2) is 10.6 Å². The van der Waals surface area contributed by atoms with Crippen molar-refractivity contribution in [2.45, 2.75) is 12.8 Å². The van der Waals surface area contributed by atoms with Crippen molar-refractivity contribution in [3.8, 4) is 0 Å². The van der Waals surface area contributed by atoms with Gasteiger partial charge in [0.2, 0.25) is 0 Å². The van der Waals surface area contributed by atoms with Crippen LogP contribution in [0.5, 0.6) is 0 Å². The van der Waals surface area contributed by atoms with E-state index in [1.165, 1.54) is 0 Å². The zero-order valence-corrected chi connectivity index (χ0v) is 5.29. The minimum Gasteiger partial charge on any atom is -0.300 e. The van der Waals surface area contributed by atoms with Gasteiger partial charge in [-0.15, -0.1) is 0 Å². The fraction of sp³-hybridized carbons (Fsp3) is 0.333. The van der Waals surface area contributed by atoms with Gasteiger partial charge in [0.05, 0.1) is 5.71 Å². The molecule has 0 saturated carbocycles. The Bertz CT molecular complexity index is 158. The number of rotatable bonds is 0. The standard InChI is InChI=1S/C6H7NS/c7-5-3-1-2-4-6(5)8/h1,3,7H,2,4H2. The molecule has 1 aliphatic carbocycles. The summed E-state index contributed by atoms with van der Waals surface area (Å²) in [6.45, 7) is 0. The van der Waals surface area contributed by atoms with E-state index in [0.29, 0.717) is 5.71 Å². The van der Waals surface area contributed by atoms with Crippen molar-refractivity contribution >= 4 is 22.8 Å². The number of allylic oxidation sites excluding steroid dienone is 2. The van der Waals surface area contributed by atoms with E-state index in [-0.39, 0.29) is 0 Å². The van der Waals surface area contributed by atoms with Crippen LogP contribution < -0.4 is 0 Å². The lowest BCUT2D eigenvalue weighted by Gasteiger charge is -2.03. The predicted molar refractivity (Wildman–Crippen MR) is 38.7 cm³/mol. The van der Waals surface area contributed by atoms with Gasteiger partial charge in [0.15, 0.2) is 0 Å². The van der Waals surface area contributed by atoms with Crippen LogP contribution in [0.4, 0.5) is 0 Å². The van der Waals surface area contributed by atoms with E-state index in [4.69, 9.17) is 17.6 Å². The fourth-order valence-corrected chi connectivity index (χ4v) is 0.829. The van der Waals surface area contributed by atoms with Gasteiger partial charge in [-0.05, 0) is 18.9 Å². The van der Waals surface area contributed by atoms with Crippen LogP contribution in [0.2, 0.25) is 0 Å². The Hall–Kier alpha value is -0.500. The molecule has 2 heteroatoms. The molecule has 1 nitrogen and oxygen atoms in total. The summed E-state index contributed by atoms with van der Waals surface area (Å²) in [5.74, 6) is 0. The highest BCUT2D eigenvalue weighted by molar-refractivity contribution is 7.82. The van der Waals surface area contributed by atoms with E-state index in [9.17, 15) is 0 Å². The maximum absolute atomic E-state index is 7.17. The molecule has 0 spiro atoms. The monoisotopic (exact) mass is 125 g/mol. The van der Waals surface area contributed by atoms with Crippen molar-refractivity contribution < 1.29 is 0 Å². The smallest absolute Gasteiger partial charge is 0.0676 e. The molecule has 0 aliphatic heterocycles. The second kappa shape index (κ2) is 2.18. The minimum atomic E-state index is 0.520. The van der Waals surface area contributed by atoms with E-state index >= 15 is 0 Å². The molecular formula is C6H7NS. The van der Waals surface area contributed by atoms with E-state index in [1.807, 2.05) is 6.08 Å². The van der Waals surface area contributed by atoms with Gasteiger partial charge in [0, 0.05) is 4.86 Å². The van der Waals surface area contributed by atoms with Crippen LogP contribution in [0.3, 0.4) is 0 Å². The quantitative estimate of drug-likeness (QED) is 0.490. The summed E-state index contributed by atoms with van der Waals surface area (Å²) in [6.07, 6.45) is 5.66. The van der Waals surface area contributed by atoms with Gasteiger partial charge >= 0.3 is 0 Å². The molecule has 0 fully saturated rings. The highest BCUT2D eigenvalue weighted by atomic mass is 32.1. The van der Waals surface area contributed by atoms with Crippen LogP contribution in [0.15, 0.2) is 12.2 Å². The summed E-state index contributed by atoms with van der Waals surface area (Å²) in [6, 6.07) is 0. The lowest BCUT2D eigenvalue weighted by Crippen LogP contribution is -2.09. The molecule has 0 heterocycles. The van der Waals surface area contributed by atoms with Crippen molar-refractivity contribution in [3.63, 3.8) is 0 Å². The van der Waals surface area contributed by atoms with Gasteiger partial charge in [0.25, 0.3) is 0 Å². The molecule has 1 N–H and O–H groups in total. The summed E-state index contributed by atoms with van der Waals surface area (Å²) >= 11 is 4.85. The molecule has 0 aromatic carbocycles. The molecule has 0 bridgehead atoms. The third-order valence-electron chi connectivity index (χ3n) is 1.12. The zero-order valence-electron chi connectivity index (χ0n) is 4.48. The second-order valence-electron chi connectivity index (χ2n) is 1.78. The maximum Gasteiger partial charge on any atom is 0.0676 e. The lowest BCUT2D eigenvalue weighted by molar-refractivity contribution is 1.11. The van der Waals surface area contributed by atoms with Crippen molar-refractivity contribution in [1.29, 1.82) is 5.41 Å². The third-order valence-corrected chi connectivity index (χ3v) is 1.55. The largest absolute Gasteiger partial charge is 0.300 e. The Labute approximate surface area is 53.9 Å². The molecule has 1 aliphatic rings. The molecule has 0 unspecified atom stereocenters. The van der Waals surface area contributed by atoms with Gasteiger partial charge in [0.1, 0.15) is 0 Å². The molecule has 1 rings (SSSR count). The molecule has 0 atom stereocenters. The minimum absolute atomic E-state index is 0.520. The summed E-state index contributed by atoms with van der Waals surface area (Å²) in [5.41, 5.74) is 0.520. The van der Waals surface area contributed by atoms with Gasteiger partial charge in [-0.25, -0.2) is 0 Å². The summed E-state index contributed by atoms with van der Waals surface area (Å²) in [7, 11) is 0. The average molecular weight is 125 g/mol. The van der Waals surface area contributed by atoms with E-state index in [2.05, 4.69) is 0 Å². The van der Waals surface area contributed by atoms with Crippen LogP contribution in [0.1, 0.15) is 12.8 Å². The molecule has 8 heavy (non-hydrogen) atoms. The molecule has 42 valence electrons. The highest BCUT2D eigenvalue weighted by Crippen LogP contribution is 2.03. The molecule has 0 amide bonds. The molecule has 0 saturated heterocycles. The van der Waals surface area contributed by atoms with E-state index in [1.54, 1.807) is 6.08 Å². The van der Waals surface area contributed by atoms with Gasteiger partial charge < -0.3 is 0 Å². The van der Waals surface area contributed by atoms with Crippen LogP contribution in [-0.2, 0) is 0 Å². The normalized spacial score (nSPS) is 19.5. The summed E-state index contributed by atoms with van der Waals surface area (Å²) in [4.78, 5) is 0.799. The first-order valence-electron chi connectivity index (χ1n) is 2.59. The Balaban J connectivity index is 2.75. The number of hydrogen-bond acceptors (Lipinski definition) is 2. The highest BCUT2D eigenvalue weighted by Gasteiger charge is 2.03. The van der Waals surface area contributed by atoms with Gasteiger partial charge in [-0.1, -0.05) is 18.3 Å². The average Bonchev–Trinajstić information content (AvgIpc) is 1.77. The van der Waals surface area contributed by atoms with E-state index < -0.39 is 0 Å². The first-order valence-corrected chi connectivity index (χ1v) is 3.00. The van der Waals surface area contributed by atoms with Crippen LogP contribution >= 0.6 is 12.2 Å². The Morgan fingerprint density at radius 1 is 1.62 bits per heavy atom. The zero-order chi connectivity index (χ0) is 5.98. The first kappa shape index (κ1) is 5.63. The third kappa shape index (κ3) is 1.01. The summed E-state index contributed by atoms with van der Waals surface area (Å²) < 4.78 is 0. The fourth-order valence-electron chi connectivity index (χ4n) is 0.643. The van der Waals surface area contributed by atoms with Crippen LogP contribution in [0.25, 0.3) is 0 Å². The van der Waals surface area contributed by atoms with Gasteiger partial charge in [-0.3, -0.25) is 5.41 Å². The number of nitrogens with one attached hydrogen (secondary N) is 1. The van der Waals surface area contributed by atoms with Crippen LogP contribution in [0, 0.1) is 5.41 Å². The van der Waals surface area contributed by atoms with E-state index in [0.717, 1.165) is 17.7 Å². The molecule has 0 aromatic rings. The Morgan fingerprint density at radius 2 is 2.38 bits per heavy atom. The molecule has 0 aromatic heterocycles. The van der Waals surface area contributed by atoms with Crippen molar-refractivity contribution in [3.05, 3.63) is 12.2 Å². The summed E-state index contributed by atoms with van der Waals surface area (Å²) in [5, 5.41) is 7.17. The molecule has 0 radical (unpaired) electrons. The predicted octanol–water partition coefficient (Wildman–Crippen LogP) is 1.73. The number of thiocarbonyl (C=S) groups is 1. The van der Waals surface area contributed by atoms with Gasteiger partial charge in [-0.2, -0.15) is 0 Å². The Morgan fingerprint density at radius 3 is 2.75 bits per heavy atom. The Kier molecular flexibility index (Phi) is 1.53. The maximum atomic E-state index is 7.17. The lowest BCUT2D eigenvalue weighted by atomic mass is 10.1. The van der Waals surface area contributed by atoms with Crippen molar-refractivity contribution in [2.24, 2.45) is 0 Å². The molecular weight excluding hydrogens is 118 g/mol. The van der Waals surface area contributed by atoms with Crippen molar-refractivity contribution in [2.75, 3.05) is 0 Å². The SMILES string of the molecule is N=C1C=CCCC1=S. The number of hydrogen-bond donors (Lipinski definition) is 1. The first-order chi connectivity index (χ1) is 3.80.